The minimum absolute atomic E-state index is 0.382. The van der Waals surface area contributed by atoms with Crippen LogP contribution in [0.25, 0.3) is 0 Å². The average molecular weight is 189 g/mol. The van der Waals surface area contributed by atoms with Crippen molar-refractivity contribution in [3.8, 4) is 0 Å². The minimum Gasteiger partial charge on any atom is -0.365 e. The van der Waals surface area contributed by atoms with Crippen molar-refractivity contribution in [2.75, 3.05) is 6.61 Å². The van der Waals surface area contributed by atoms with Gasteiger partial charge >= 0.3 is 0 Å². The molecule has 5 heteroatoms. The van der Waals surface area contributed by atoms with E-state index < -0.39 is 15.7 Å². The summed E-state index contributed by atoms with van der Waals surface area (Å²) in [6.45, 7) is 0.382. The monoisotopic (exact) mass is 188 g/mol. The summed E-state index contributed by atoms with van der Waals surface area (Å²) >= 11 is 15.7. The SMILES string of the molecule is O=C([C@@H]1CO1)C(Cl)(Cl)Cl. The van der Waals surface area contributed by atoms with Gasteiger partial charge in [0.05, 0.1) is 6.61 Å². The van der Waals surface area contributed by atoms with Crippen molar-refractivity contribution in [2.45, 2.75) is 9.90 Å². The predicted octanol–water partition coefficient (Wildman–Crippen LogP) is 1.32. The van der Waals surface area contributed by atoms with Crippen LogP contribution in [0.15, 0.2) is 0 Å². The second-order valence-electron chi connectivity index (χ2n) is 1.68. The van der Waals surface area contributed by atoms with Gasteiger partial charge in [0.2, 0.25) is 5.78 Å². The Bertz CT molecular complexity index is 135. The number of hydrogen-bond donors (Lipinski definition) is 0. The molecule has 2 nitrogen and oxygen atoms in total. The first-order valence-corrected chi connectivity index (χ1v) is 3.38. The molecule has 1 saturated heterocycles. The van der Waals surface area contributed by atoms with Gasteiger partial charge in [-0.25, -0.2) is 0 Å². The molecule has 0 saturated carbocycles. The normalized spacial score (nSPS) is 25.9. The van der Waals surface area contributed by atoms with E-state index in [9.17, 15) is 4.79 Å². The van der Waals surface area contributed by atoms with E-state index in [1.165, 1.54) is 0 Å². The Morgan fingerprint density at radius 1 is 1.56 bits per heavy atom. The Labute approximate surface area is 67.0 Å². The van der Waals surface area contributed by atoms with E-state index in [2.05, 4.69) is 4.74 Å². The smallest absolute Gasteiger partial charge is 0.251 e. The fraction of sp³-hybridized carbons (Fsp3) is 0.750. The number of carbonyl (C=O) groups excluding carboxylic acids is 1. The first kappa shape index (κ1) is 7.61. The summed E-state index contributed by atoms with van der Waals surface area (Å²) in [6, 6.07) is 0. The summed E-state index contributed by atoms with van der Waals surface area (Å²) in [7, 11) is 0. The van der Waals surface area contributed by atoms with Crippen LogP contribution in [0.3, 0.4) is 0 Å². The fourth-order valence-corrected chi connectivity index (χ4v) is 0.747. The number of halogens is 3. The molecule has 0 spiro atoms. The summed E-state index contributed by atoms with van der Waals surface area (Å²) < 4.78 is 2.79. The molecule has 9 heavy (non-hydrogen) atoms. The van der Waals surface area contributed by atoms with Gasteiger partial charge in [-0.15, -0.1) is 0 Å². The summed E-state index contributed by atoms with van der Waals surface area (Å²) in [5, 5.41) is 0. The zero-order valence-electron chi connectivity index (χ0n) is 4.23. The molecule has 0 aliphatic carbocycles. The number of alkyl halides is 3. The average Bonchev–Trinajstić information content (AvgIpc) is 2.40. The number of ether oxygens (including phenoxy) is 1. The maximum atomic E-state index is 10.7. The summed E-state index contributed by atoms with van der Waals surface area (Å²) in [5.74, 6) is -0.479. The fourth-order valence-electron chi connectivity index (χ4n) is 0.382. The molecule has 52 valence electrons. The molecule has 1 fully saturated rings. The van der Waals surface area contributed by atoms with Crippen molar-refractivity contribution in [2.24, 2.45) is 0 Å². The van der Waals surface area contributed by atoms with Crippen molar-refractivity contribution in [3.63, 3.8) is 0 Å². The highest BCUT2D eigenvalue weighted by Gasteiger charge is 2.43. The molecular formula is C4H3Cl3O2. The molecule has 1 rings (SSSR count). The lowest BCUT2D eigenvalue weighted by atomic mass is 10.3. The van der Waals surface area contributed by atoms with Crippen LogP contribution in [-0.2, 0) is 9.53 Å². The lowest BCUT2D eigenvalue weighted by Crippen LogP contribution is -2.23. The van der Waals surface area contributed by atoms with E-state index >= 15 is 0 Å². The molecule has 0 aromatic rings. The topological polar surface area (TPSA) is 29.6 Å². The van der Waals surface area contributed by atoms with Crippen LogP contribution in [-0.4, -0.2) is 22.3 Å². The van der Waals surface area contributed by atoms with Gasteiger partial charge in [0.25, 0.3) is 3.79 Å². The maximum absolute atomic E-state index is 10.7. The number of carbonyl (C=O) groups is 1. The quantitative estimate of drug-likeness (QED) is 0.460. The molecule has 1 aliphatic heterocycles. The standard InChI is InChI=1S/C4H3Cl3O2/c5-4(6,7)3(8)2-1-9-2/h2H,1H2/t2-/m0/s1. The molecule has 0 radical (unpaired) electrons. The molecule has 1 aliphatic rings. The molecule has 1 heterocycles. The van der Waals surface area contributed by atoms with E-state index in [0.717, 1.165) is 0 Å². The largest absolute Gasteiger partial charge is 0.365 e. The van der Waals surface area contributed by atoms with Crippen molar-refractivity contribution in [3.05, 3.63) is 0 Å². The summed E-state index contributed by atoms with van der Waals surface area (Å²) in [5.41, 5.74) is 0. The van der Waals surface area contributed by atoms with Crippen LogP contribution >= 0.6 is 34.8 Å². The Kier molecular flexibility index (Phi) is 1.92. The number of Topliss-reactive ketones (excluding diaryl/α,β-unsaturated/α-hetero) is 1. The van der Waals surface area contributed by atoms with Crippen LogP contribution in [0.5, 0.6) is 0 Å². The van der Waals surface area contributed by atoms with E-state index in [1.54, 1.807) is 0 Å². The van der Waals surface area contributed by atoms with Crippen LogP contribution in [0, 0.1) is 0 Å². The molecule has 1 atom stereocenters. The van der Waals surface area contributed by atoms with Crippen molar-refractivity contribution in [1.82, 2.24) is 0 Å². The third-order valence-corrected chi connectivity index (χ3v) is 1.46. The third kappa shape index (κ3) is 1.97. The maximum Gasteiger partial charge on any atom is 0.251 e. The van der Waals surface area contributed by atoms with Gasteiger partial charge < -0.3 is 4.74 Å². The highest BCUT2D eigenvalue weighted by molar-refractivity contribution is 6.76. The number of rotatable bonds is 1. The first-order valence-electron chi connectivity index (χ1n) is 2.24. The Morgan fingerprint density at radius 2 is 2.00 bits per heavy atom. The minimum atomic E-state index is -1.80. The van der Waals surface area contributed by atoms with Gasteiger partial charge in [0.15, 0.2) is 0 Å². The summed E-state index contributed by atoms with van der Waals surface area (Å²) in [6.07, 6.45) is -0.475. The molecular weight excluding hydrogens is 186 g/mol. The first-order chi connectivity index (χ1) is 4.02. The third-order valence-electron chi connectivity index (χ3n) is 0.905. The zero-order chi connectivity index (χ0) is 7.07. The van der Waals surface area contributed by atoms with Gasteiger partial charge in [-0.3, -0.25) is 4.79 Å². The van der Waals surface area contributed by atoms with E-state index in [0.29, 0.717) is 6.61 Å². The molecule has 0 N–H and O–H groups in total. The van der Waals surface area contributed by atoms with Crippen molar-refractivity contribution in [1.29, 1.82) is 0 Å². The molecule has 0 aromatic heterocycles. The molecule has 0 aromatic carbocycles. The van der Waals surface area contributed by atoms with E-state index in [-0.39, 0.29) is 0 Å². The number of hydrogen-bond acceptors (Lipinski definition) is 2. The highest BCUT2D eigenvalue weighted by Crippen LogP contribution is 2.32. The lowest BCUT2D eigenvalue weighted by Gasteiger charge is -2.04. The molecule has 0 amide bonds. The van der Waals surface area contributed by atoms with Crippen LogP contribution in [0.4, 0.5) is 0 Å². The molecule has 0 unspecified atom stereocenters. The van der Waals surface area contributed by atoms with Crippen molar-refractivity contribution < 1.29 is 9.53 Å². The zero-order valence-corrected chi connectivity index (χ0v) is 6.50. The lowest BCUT2D eigenvalue weighted by molar-refractivity contribution is -0.119. The van der Waals surface area contributed by atoms with Gasteiger partial charge in [0.1, 0.15) is 6.10 Å². The summed E-state index contributed by atoms with van der Waals surface area (Å²) in [4.78, 5) is 10.7. The second-order valence-corrected chi connectivity index (χ2v) is 3.97. The molecule has 0 bridgehead atoms. The number of epoxide rings is 1. The van der Waals surface area contributed by atoms with E-state index in [4.69, 9.17) is 34.8 Å². The van der Waals surface area contributed by atoms with E-state index in [1.807, 2.05) is 0 Å². The Balaban J connectivity index is 2.50. The van der Waals surface area contributed by atoms with Crippen molar-refractivity contribution >= 4 is 40.6 Å². The van der Waals surface area contributed by atoms with Crippen LogP contribution in [0.1, 0.15) is 0 Å². The Morgan fingerprint density at radius 3 is 2.11 bits per heavy atom. The Hall–Kier alpha value is 0.500. The number of ketones is 1. The van der Waals surface area contributed by atoms with Gasteiger partial charge in [-0.1, -0.05) is 34.8 Å². The van der Waals surface area contributed by atoms with Gasteiger partial charge in [-0.2, -0.15) is 0 Å². The van der Waals surface area contributed by atoms with Gasteiger partial charge in [-0.05, 0) is 0 Å². The van der Waals surface area contributed by atoms with Crippen LogP contribution < -0.4 is 0 Å². The second kappa shape index (κ2) is 2.27. The highest BCUT2D eigenvalue weighted by atomic mass is 35.6. The van der Waals surface area contributed by atoms with Crippen LogP contribution in [0.2, 0.25) is 0 Å². The van der Waals surface area contributed by atoms with Gasteiger partial charge in [0, 0.05) is 0 Å². The predicted molar refractivity (Wildman–Crippen MR) is 35.0 cm³/mol.